The molecule has 2 fully saturated rings. The number of nitrogens with one attached hydrogen (secondary N) is 2. The summed E-state index contributed by atoms with van der Waals surface area (Å²) in [4.78, 5) is 15.9. The van der Waals surface area contributed by atoms with E-state index in [0.29, 0.717) is 13.0 Å². The fourth-order valence-electron chi connectivity index (χ4n) is 6.75. The number of aliphatic hydroxyl groups excluding tert-OH is 2. The summed E-state index contributed by atoms with van der Waals surface area (Å²) in [5.41, 5.74) is 5.27. The SMILES string of the molecule is Cc1ccc(S(=O)(=O)N[C@H](Cc2ccccc2)C(=O)NCc2ccc([C@@H]3O[C@H](CN4CCC[C@H]4CO)C[C@H](c4ccc(CO)cc4)O3)cc2)cc1. The maximum atomic E-state index is 13.5. The van der Waals surface area contributed by atoms with E-state index in [4.69, 9.17) is 9.47 Å². The molecule has 0 aliphatic carbocycles. The Bertz CT molecular complexity index is 1820. The van der Waals surface area contributed by atoms with Crippen molar-refractivity contribution in [1.82, 2.24) is 14.9 Å². The van der Waals surface area contributed by atoms with Gasteiger partial charge in [0.25, 0.3) is 0 Å². The first-order valence-corrected chi connectivity index (χ1v) is 19.0. The average molecular weight is 714 g/mol. The van der Waals surface area contributed by atoms with E-state index in [1.807, 2.05) is 85.8 Å². The quantitative estimate of drug-likeness (QED) is 0.148. The van der Waals surface area contributed by atoms with Crippen molar-refractivity contribution in [2.45, 2.75) is 81.2 Å². The maximum Gasteiger partial charge on any atom is 0.241 e. The Balaban J connectivity index is 1.14. The van der Waals surface area contributed by atoms with Crippen LogP contribution in [0.15, 0.2) is 108 Å². The largest absolute Gasteiger partial charge is 0.395 e. The molecule has 2 aliphatic heterocycles. The van der Waals surface area contributed by atoms with Crippen LogP contribution in [-0.4, -0.2) is 67.3 Å². The average Bonchev–Trinajstić information content (AvgIpc) is 3.61. The van der Waals surface area contributed by atoms with Gasteiger partial charge in [-0.1, -0.05) is 96.6 Å². The van der Waals surface area contributed by atoms with Gasteiger partial charge in [0.15, 0.2) is 6.29 Å². The van der Waals surface area contributed by atoms with Gasteiger partial charge in [0.1, 0.15) is 6.04 Å². The number of carbonyl (C=O) groups excluding carboxylic acids is 1. The van der Waals surface area contributed by atoms with Crippen LogP contribution in [-0.2, 0) is 43.9 Å². The smallest absolute Gasteiger partial charge is 0.241 e. The highest BCUT2D eigenvalue weighted by Crippen LogP contribution is 2.38. The Morgan fingerprint density at radius 3 is 2.24 bits per heavy atom. The molecule has 4 aromatic carbocycles. The van der Waals surface area contributed by atoms with Crippen molar-refractivity contribution >= 4 is 15.9 Å². The number of benzene rings is 4. The topological polar surface area (TPSA) is 137 Å². The Morgan fingerprint density at radius 1 is 0.863 bits per heavy atom. The third-order valence-corrected chi connectivity index (χ3v) is 11.2. The molecule has 6 rings (SSSR count). The normalized spacial score (nSPS) is 21.7. The highest BCUT2D eigenvalue weighted by atomic mass is 32.2. The molecular formula is C40H47N3O7S. The van der Waals surface area contributed by atoms with E-state index < -0.39 is 28.3 Å². The Labute approximate surface area is 300 Å². The predicted molar refractivity (Wildman–Crippen MR) is 194 cm³/mol. The van der Waals surface area contributed by atoms with Crippen LogP contribution in [0, 0.1) is 6.92 Å². The van der Waals surface area contributed by atoms with Gasteiger partial charge in [-0.05, 0) is 67.1 Å². The van der Waals surface area contributed by atoms with Crippen molar-refractivity contribution in [3.8, 4) is 0 Å². The molecule has 0 unspecified atom stereocenters. The number of hydrogen-bond donors (Lipinski definition) is 4. The second-order valence-electron chi connectivity index (χ2n) is 13.5. The summed E-state index contributed by atoms with van der Waals surface area (Å²) in [6, 6.07) is 30.4. The number of nitrogens with zero attached hydrogens (tertiary/aromatic N) is 1. The number of aliphatic hydroxyl groups is 2. The molecule has 51 heavy (non-hydrogen) atoms. The molecule has 2 saturated heterocycles. The van der Waals surface area contributed by atoms with Crippen LogP contribution < -0.4 is 10.0 Å². The zero-order chi connectivity index (χ0) is 35.8. The molecule has 0 saturated carbocycles. The van der Waals surface area contributed by atoms with Gasteiger partial charge >= 0.3 is 0 Å². The molecule has 5 atom stereocenters. The van der Waals surface area contributed by atoms with Crippen molar-refractivity contribution in [2.24, 2.45) is 0 Å². The van der Waals surface area contributed by atoms with E-state index in [1.165, 1.54) is 12.1 Å². The van der Waals surface area contributed by atoms with Crippen LogP contribution in [0.2, 0.25) is 0 Å². The zero-order valence-electron chi connectivity index (χ0n) is 28.9. The van der Waals surface area contributed by atoms with E-state index in [-0.39, 0.29) is 49.3 Å². The molecule has 11 heteroatoms. The Morgan fingerprint density at radius 2 is 1.55 bits per heavy atom. The van der Waals surface area contributed by atoms with Crippen LogP contribution >= 0.6 is 0 Å². The molecule has 1 amide bonds. The summed E-state index contributed by atoms with van der Waals surface area (Å²) in [6.45, 7) is 3.80. The molecule has 0 bridgehead atoms. The van der Waals surface area contributed by atoms with Gasteiger partial charge in [0.05, 0.1) is 30.3 Å². The van der Waals surface area contributed by atoms with Crippen LogP contribution in [0.1, 0.15) is 65.0 Å². The number of amides is 1. The molecule has 4 N–H and O–H groups in total. The Kier molecular flexibility index (Phi) is 12.3. The summed E-state index contributed by atoms with van der Waals surface area (Å²) in [5, 5.41) is 22.3. The summed E-state index contributed by atoms with van der Waals surface area (Å²) in [6.07, 6.45) is 1.90. The minimum absolute atomic E-state index is 0.0266. The molecular weight excluding hydrogens is 667 g/mol. The lowest BCUT2D eigenvalue weighted by Crippen LogP contribution is -2.47. The van der Waals surface area contributed by atoms with E-state index in [0.717, 1.165) is 52.8 Å². The van der Waals surface area contributed by atoms with Crippen molar-refractivity contribution in [2.75, 3.05) is 19.7 Å². The maximum absolute atomic E-state index is 13.5. The molecule has 0 aromatic heterocycles. The lowest BCUT2D eigenvalue weighted by Gasteiger charge is -2.38. The first-order valence-electron chi connectivity index (χ1n) is 17.6. The van der Waals surface area contributed by atoms with Crippen molar-refractivity contribution in [3.05, 3.63) is 137 Å². The number of ether oxygens (including phenoxy) is 2. The van der Waals surface area contributed by atoms with Crippen LogP contribution in [0.25, 0.3) is 0 Å². The summed E-state index contributed by atoms with van der Waals surface area (Å²) >= 11 is 0. The molecule has 4 aromatic rings. The number of likely N-dealkylation sites (tertiary alicyclic amines) is 1. The highest BCUT2D eigenvalue weighted by molar-refractivity contribution is 7.89. The fourth-order valence-corrected chi connectivity index (χ4v) is 7.95. The first-order chi connectivity index (χ1) is 24.7. The lowest BCUT2D eigenvalue weighted by atomic mass is 9.99. The minimum atomic E-state index is -3.95. The molecule has 0 radical (unpaired) electrons. The van der Waals surface area contributed by atoms with Gasteiger partial charge in [-0.25, -0.2) is 8.42 Å². The molecule has 270 valence electrons. The number of aryl methyl sites for hydroxylation is 1. The van der Waals surface area contributed by atoms with Crippen molar-refractivity contribution < 1.29 is 32.9 Å². The Hall–Kier alpha value is -3.94. The van der Waals surface area contributed by atoms with E-state index >= 15 is 0 Å². The lowest BCUT2D eigenvalue weighted by molar-refractivity contribution is -0.253. The molecule has 2 aliphatic rings. The van der Waals surface area contributed by atoms with Gasteiger partial charge in [-0.15, -0.1) is 0 Å². The number of rotatable bonds is 14. The first kappa shape index (κ1) is 36.8. The summed E-state index contributed by atoms with van der Waals surface area (Å²) in [5.74, 6) is -0.432. The second-order valence-corrected chi connectivity index (χ2v) is 15.2. The number of sulfonamides is 1. The van der Waals surface area contributed by atoms with E-state index in [9.17, 15) is 23.4 Å². The summed E-state index contributed by atoms with van der Waals surface area (Å²) in [7, 11) is -3.95. The van der Waals surface area contributed by atoms with Crippen LogP contribution in [0.3, 0.4) is 0 Å². The van der Waals surface area contributed by atoms with Crippen molar-refractivity contribution in [1.29, 1.82) is 0 Å². The van der Waals surface area contributed by atoms with Gasteiger partial charge in [-0.2, -0.15) is 4.72 Å². The van der Waals surface area contributed by atoms with Crippen molar-refractivity contribution in [3.63, 3.8) is 0 Å². The third kappa shape index (κ3) is 9.69. The standard InChI is InChI=1S/C40H47N3O7S/c1-28-9-19-36(20-10-28)51(47,48)42-37(22-29-6-3-2-4-7-29)39(46)41-24-30-11-17-33(18-12-30)40-49-35(25-43-21-5-8-34(43)27-45)23-38(50-40)32-15-13-31(26-44)14-16-32/h2-4,6-7,9-20,34-35,37-38,40,42,44-45H,5,8,21-27H2,1H3,(H,41,46)/t34-,35-,37+,38+,40+/m0/s1. The van der Waals surface area contributed by atoms with E-state index in [1.54, 1.807) is 12.1 Å². The van der Waals surface area contributed by atoms with Gasteiger partial charge in [0, 0.05) is 31.1 Å². The molecule has 2 heterocycles. The second kappa shape index (κ2) is 17.1. The number of hydrogen-bond acceptors (Lipinski definition) is 8. The summed E-state index contributed by atoms with van der Waals surface area (Å²) < 4.78 is 42.2. The predicted octanol–water partition coefficient (Wildman–Crippen LogP) is 4.70. The van der Waals surface area contributed by atoms with Crippen LogP contribution in [0.5, 0.6) is 0 Å². The third-order valence-electron chi connectivity index (χ3n) is 9.71. The van der Waals surface area contributed by atoms with Gasteiger partial charge in [0.2, 0.25) is 15.9 Å². The van der Waals surface area contributed by atoms with Gasteiger partial charge in [-0.3, -0.25) is 9.69 Å². The number of carbonyl (C=O) groups is 1. The monoisotopic (exact) mass is 713 g/mol. The molecule has 10 nitrogen and oxygen atoms in total. The van der Waals surface area contributed by atoms with Crippen LogP contribution in [0.4, 0.5) is 0 Å². The van der Waals surface area contributed by atoms with Gasteiger partial charge < -0.3 is 25.0 Å². The highest BCUT2D eigenvalue weighted by Gasteiger charge is 2.35. The minimum Gasteiger partial charge on any atom is -0.395 e. The molecule has 0 spiro atoms. The van der Waals surface area contributed by atoms with E-state index in [2.05, 4.69) is 14.9 Å². The fraction of sp³-hybridized carbons (Fsp3) is 0.375. The zero-order valence-corrected chi connectivity index (χ0v) is 29.7.